The Morgan fingerprint density at radius 3 is 2.21 bits per heavy atom. The zero-order chi connectivity index (χ0) is 20.4. The second-order valence-corrected chi connectivity index (χ2v) is 9.34. The maximum absolute atomic E-state index is 13.1. The Morgan fingerprint density at radius 1 is 1.07 bits per heavy atom. The van der Waals surface area contributed by atoms with Crippen LogP contribution < -0.4 is 16.0 Å². The van der Waals surface area contributed by atoms with Crippen molar-refractivity contribution in [3.05, 3.63) is 29.8 Å². The largest absolute Gasteiger partial charge is 0.383 e. The van der Waals surface area contributed by atoms with Crippen molar-refractivity contribution >= 4 is 34.8 Å². The smallest absolute Gasteiger partial charge is 0.251 e. The molecule has 4 bridgehead atoms. The summed E-state index contributed by atoms with van der Waals surface area (Å²) < 4.78 is 4.93. The van der Waals surface area contributed by atoms with Gasteiger partial charge in [0.1, 0.15) is 0 Å². The number of carbonyl (C=O) groups is 2. The molecule has 156 valence electrons. The maximum atomic E-state index is 13.1. The lowest BCUT2D eigenvalue weighted by molar-refractivity contribution is -0.144. The highest BCUT2D eigenvalue weighted by molar-refractivity contribution is 7.80. The molecule has 1 aromatic rings. The van der Waals surface area contributed by atoms with Crippen molar-refractivity contribution < 1.29 is 14.3 Å². The lowest BCUT2D eigenvalue weighted by Gasteiger charge is -2.55. The van der Waals surface area contributed by atoms with Gasteiger partial charge in [-0.25, -0.2) is 0 Å². The van der Waals surface area contributed by atoms with E-state index in [-0.39, 0.29) is 17.2 Å². The molecule has 4 aliphatic rings. The van der Waals surface area contributed by atoms with Gasteiger partial charge in [0.25, 0.3) is 5.91 Å². The van der Waals surface area contributed by atoms with Gasteiger partial charge in [-0.2, -0.15) is 0 Å². The van der Waals surface area contributed by atoms with Crippen LogP contribution in [0.25, 0.3) is 0 Å². The summed E-state index contributed by atoms with van der Waals surface area (Å²) in [5.74, 6) is 2.10. The van der Waals surface area contributed by atoms with Gasteiger partial charge in [0.2, 0.25) is 5.91 Å². The van der Waals surface area contributed by atoms with Gasteiger partial charge in [0.05, 0.1) is 12.0 Å². The molecule has 0 atom stereocenters. The van der Waals surface area contributed by atoms with E-state index in [9.17, 15) is 9.59 Å². The molecule has 4 aliphatic carbocycles. The van der Waals surface area contributed by atoms with E-state index in [1.807, 2.05) is 0 Å². The van der Waals surface area contributed by atoms with Gasteiger partial charge in [-0.1, -0.05) is 0 Å². The lowest BCUT2D eigenvalue weighted by atomic mass is 9.49. The van der Waals surface area contributed by atoms with Gasteiger partial charge in [0, 0.05) is 24.9 Å². The molecule has 0 spiro atoms. The normalized spacial score (nSPS) is 29.3. The van der Waals surface area contributed by atoms with Crippen LogP contribution >= 0.6 is 12.2 Å². The summed E-state index contributed by atoms with van der Waals surface area (Å²) in [5.41, 5.74) is 1.09. The zero-order valence-electron chi connectivity index (χ0n) is 16.8. The van der Waals surface area contributed by atoms with Crippen LogP contribution in [0.15, 0.2) is 24.3 Å². The highest BCUT2D eigenvalue weighted by Crippen LogP contribution is 2.60. The third-order valence-corrected chi connectivity index (χ3v) is 6.95. The first-order chi connectivity index (χ1) is 14.0. The van der Waals surface area contributed by atoms with Gasteiger partial charge in [0.15, 0.2) is 5.11 Å². The molecule has 6 nitrogen and oxygen atoms in total. The highest BCUT2D eigenvalue weighted by atomic mass is 32.1. The number of anilines is 1. The molecule has 0 aromatic heterocycles. The van der Waals surface area contributed by atoms with Crippen LogP contribution in [0.1, 0.15) is 48.9 Å². The average Bonchev–Trinajstić information content (AvgIpc) is 2.67. The van der Waals surface area contributed by atoms with Crippen LogP contribution in [0.2, 0.25) is 0 Å². The Bertz CT molecular complexity index is 758. The second-order valence-electron chi connectivity index (χ2n) is 8.93. The summed E-state index contributed by atoms with van der Waals surface area (Å²) in [5, 5.41) is 9.12. The number of nitrogens with one attached hydrogen (secondary N) is 3. The van der Waals surface area contributed by atoms with Gasteiger partial charge < -0.3 is 20.7 Å². The SMILES string of the molecule is COCCNC(=O)c1ccc(NC(=S)NC(=O)C23CC4CC(CC(C4)C2)C3)cc1. The van der Waals surface area contributed by atoms with Gasteiger partial charge >= 0.3 is 0 Å². The van der Waals surface area contributed by atoms with E-state index in [4.69, 9.17) is 17.0 Å². The first-order valence-electron chi connectivity index (χ1n) is 10.5. The summed E-state index contributed by atoms with van der Waals surface area (Å²) in [6.45, 7) is 0.943. The Hall–Kier alpha value is -1.99. The Morgan fingerprint density at radius 2 is 1.66 bits per heavy atom. The van der Waals surface area contributed by atoms with E-state index in [0.29, 0.717) is 23.8 Å². The Balaban J connectivity index is 1.31. The summed E-state index contributed by atoms with van der Waals surface area (Å²) >= 11 is 5.39. The fourth-order valence-corrected chi connectivity index (χ4v) is 6.07. The minimum atomic E-state index is -0.218. The van der Waals surface area contributed by atoms with Crippen LogP contribution in [0, 0.1) is 23.2 Å². The molecule has 7 heteroatoms. The van der Waals surface area contributed by atoms with Crippen LogP contribution in [0.4, 0.5) is 5.69 Å². The van der Waals surface area contributed by atoms with E-state index >= 15 is 0 Å². The second kappa shape index (κ2) is 8.40. The molecule has 1 aromatic carbocycles. The van der Waals surface area contributed by atoms with Gasteiger partial charge in [-0.3, -0.25) is 9.59 Å². The van der Waals surface area contributed by atoms with Crippen LogP contribution in [0.5, 0.6) is 0 Å². The predicted octanol–water partition coefficient (Wildman–Crippen LogP) is 3.09. The van der Waals surface area contributed by atoms with E-state index in [1.54, 1.807) is 31.4 Å². The minimum absolute atomic E-state index is 0.0863. The molecule has 29 heavy (non-hydrogen) atoms. The molecule has 3 N–H and O–H groups in total. The molecule has 0 aliphatic heterocycles. The molecule has 4 fully saturated rings. The van der Waals surface area contributed by atoms with E-state index in [1.165, 1.54) is 19.3 Å². The summed E-state index contributed by atoms with van der Waals surface area (Å²) in [7, 11) is 1.59. The van der Waals surface area contributed by atoms with Gasteiger partial charge in [-0.05, 0) is 92.8 Å². The van der Waals surface area contributed by atoms with Crippen molar-refractivity contribution in [3.8, 4) is 0 Å². The van der Waals surface area contributed by atoms with Crippen molar-refractivity contribution in [2.24, 2.45) is 23.2 Å². The summed E-state index contributed by atoms with van der Waals surface area (Å²) in [4.78, 5) is 25.1. The fraction of sp³-hybridized carbons (Fsp3) is 0.591. The maximum Gasteiger partial charge on any atom is 0.251 e. The van der Waals surface area contributed by atoms with Crippen LogP contribution in [0.3, 0.4) is 0 Å². The predicted molar refractivity (Wildman–Crippen MR) is 116 cm³/mol. The molecule has 2 amide bonds. The minimum Gasteiger partial charge on any atom is -0.383 e. The molecule has 4 saturated carbocycles. The van der Waals surface area contributed by atoms with Gasteiger partial charge in [-0.15, -0.1) is 0 Å². The van der Waals surface area contributed by atoms with Crippen molar-refractivity contribution in [2.75, 3.05) is 25.6 Å². The molecule has 0 unspecified atom stereocenters. The number of rotatable bonds is 6. The number of amides is 2. The third kappa shape index (κ3) is 4.46. The summed E-state index contributed by atoms with van der Waals surface area (Å²) in [6, 6.07) is 7.03. The highest BCUT2D eigenvalue weighted by Gasteiger charge is 2.54. The van der Waals surface area contributed by atoms with Crippen LogP contribution in [-0.4, -0.2) is 37.2 Å². The van der Waals surface area contributed by atoms with Crippen molar-refractivity contribution in [3.63, 3.8) is 0 Å². The first-order valence-corrected chi connectivity index (χ1v) is 10.9. The standard InChI is InChI=1S/C22H29N3O3S/c1-28-7-6-23-19(26)17-2-4-18(5-3-17)24-21(29)25-20(27)22-11-14-8-15(12-22)10-16(9-14)13-22/h2-5,14-16H,6-13H2,1H3,(H,23,26)(H2,24,25,27,29). The zero-order valence-corrected chi connectivity index (χ0v) is 17.6. The van der Waals surface area contributed by atoms with E-state index in [2.05, 4.69) is 16.0 Å². The van der Waals surface area contributed by atoms with Crippen molar-refractivity contribution in [2.45, 2.75) is 38.5 Å². The Labute approximate surface area is 177 Å². The number of benzene rings is 1. The number of carbonyl (C=O) groups excluding carboxylic acids is 2. The van der Waals surface area contributed by atoms with Crippen LogP contribution in [-0.2, 0) is 9.53 Å². The quantitative estimate of drug-likeness (QED) is 0.492. The molecule has 0 radical (unpaired) electrons. The molecule has 0 heterocycles. The molecular weight excluding hydrogens is 386 g/mol. The number of hydrogen-bond acceptors (Lipinski definition) is 4. The molecular formula is C22H29N3O3S. The number of ether oxygens (including phenoxy) is 1. The summed E-state index contributed by atoms with van der Waals surface area (Å²) in [6.07, 6.45) is 6.96. The average molecular weight is 416 g/mol. The third-order valence-electron chi connectivity index (χ3n) is 6.74. The fourth-order valence-electron chi connectivity index (χ4n) is 5.86. The molecule has 0 saturated heterocycles. The number of hydrogen-bond donors (Lipinski definition) is 3. The van der Waals surface area contributed by atoms with Crippen molar-refractivity contribution in [1.82, 2.24) is 10.6 Å². The monoisotopic (exact) mass is 415 g/mol. The number of methoxy groups -OCH3 is 1. The van der Waals surface area contributed by atoms with E-state index in [0.717, 1.165) is 42.7 Å². The number of thiocarbonyl (C=S) groups is 1. The molecule has 5 rings (SSSR count). The lowest BCUT2D eigenvalue weighted by Crippen LogP contribution is -2.55. The van der Waals surface area contributed by atoms with Crippen molar-refractivity contribution in [1.29, 1.82) is 0 Å². The Kier molecular flexibility index (Phi) is 5.88. The topological polar surface area (TPSA) is 79.5 Å². The van der Waals surface area contributed by atoms with E-state index < -0.39 is 0 Å². The first kappa shape index (κ1) is 20.3.